The number of nitrogens with zero attached hydrogens (tertiary/aromatic N) is 8. The minimum absolute atomic E-state index is 0.0447. The molecule has 4 aromatic carbocycles. The maximum absolute atomic E-state index is 11.9. The zero-order valence-corrected chi connectivity index (χ0v) is 50.7. The van der Waals surface area contributed by atoms with Gasteiger partial charge in [0.25, 0.3) is 0 Å². The smallest absolute Gasteiger partial charge is 0.128 e. The molecule has 0 aromatic heterocycles. The van der Waals surface area contributed by atoms with E-state index in [9.17, 15) is 20.4 Å². The van der Waals surface area contributed by atoms with Crippen molar-refractivity contribution >= 4 is 24.9 Å². The normalized spacial score (nSPS) is 25.8. The molecule has 2 saturated carbocycles. The summed E-state index contributed by atoms with van der Waals surface area (Å²) in [4.78, 5) is 31.0. The van der Waals surface area contributed by atoms with Crippen molar-refractivity contribution in [3.8, 4) is 23.0 Å². The van der Waals surface area contributed by atoms with E-state index in [2.05, 4.69) is 151 Å². The summed E-state index contributed by atoms with van der Waals surface area (Å²) in [6.07, 6.45) is 15.6. The standard InChI is InChI=1S/C68H96N8O4/c1-65(2,3)53-33-45-29-49(61(53)77)37-69-57-17-13-14-18-58(57)70-38-50-31-47(35-55(62(50)78)67(7,8)9)43-75-25-27-76(28-26-75)44-48-32-52(64(80)56(36-48)68(10,11)12)40-72-60-20-16-15-19-59(60)71-39-51-30-46(34-54(63(51)79)66(4,5)6)42-74-23-21-73(41-45)22-24-74/h29-40,57-60,77-80H,13-28,41-44H2,1-12H3/t57-,58-,59+,60+. The lowest BCUT2D eigenvalue weighted by molar-refractivity contribution is 0.122. The van der Waals surface area contributed by atoms with Gasteiger partial charge in [-0.15, -0.1) is 0 Å². The number of aliphatic imine (C=N–C) groups is 4. The van der Waals surface area contributed by atoms with Crippen LogP contribution in [0.5, 0.6) is 23.0 Å². The van der Waals surface area contributed by atoms with Crippen molar-refractivity contribution in [1.82, 2.24) is 19.6 Å². The van der Waals surface area contributed by atoms with E-state index in [1.54, 1.807) is 0 Å². The Kier molecular flexibility index (Phi) is 17.9. The summed E-state index contributed by atoms with van der Waals surface area (Å²) in [5.74, 6) is 1.18. The number of rotatable bonds is 0. The van der Waals surface area contributed by atoms with Gasteiger partial charge in [0, 0.05) is 148 Å². The van der Waals surface area contributed by atoms with Crippen LogP contribution in [0.2, 0.25) is 0 Å². The zero-order chi connectivity index (χ0) is 57.3. The molecule has 0 spiro atoms. The average molecular weight is 1090 g/mol. The Bertz CT molecular complexity index is 2550. The van der Waals surface area contributed by atoms with Gasteiger partial charge < -0.3 is 20.4 Å². The van der Waals surface area contributed by atoms with Crippen molar-refractivity contribution in [2.45, 2.75) is 206 Å². The molecule has 432 valence electrons. The number of aromatic hydroxyl groups is 4. The van der Waals surface area contributed by atoms with Crippen molar-refractivity contribution in [3.05, 3.63) is 115 Å². The monoisotopic (exact) mass is 1090 g/mol. The van der Waals surface area contributed by atoms with Gasteiger partial charge in [0.2, 0.25) is 0 Å². The van der Waals surface area contributed by atoms with Gasteiger partial charge in [-0.2, -0.15) is 0 Å². The summed E-state index contributed by atoms with van der Waals surface area (Å²) in [5, 5.41) is 47.5. The molecule has 0 unspecified atom stereocenters. The van der Waals surface area contributed by atoms with Gasteiger partial charge in [-0.05, 0) is 93.9 Å². The van der Waals surface area contributed by atoms with E-state index in [0.29, 0.717) is 23.0 Å². The summed E-state index contributed by atoms with van der Waals surface area (Å²) in [7, 11) is 0. The lowest BCUT2D eigenvalue weighted by atomic mass is 9.84. The third kappa shape index (κ3) is 14.4. The van der Waals surface area contributed by atoms with Gasteiger partial charge >= 0.3 is 0 Å². The Hall–Kier alpha value is -5.40. The second-order valence-electron chi connectivity index (χ2n) is 28.4. The largest absolute Gasteiger partial charge is 0.507 e. The van der Waals surface area contributed by atoms with E-state index < -0.39 is 0 Å². The van der Waals surface area contributed by atoms with Gasteiger partial charge in [-0.3, -0.25) is 39.6 Å². The van der Waals surface area contributed by atoms with Crippen LogP contribution in [-0.4, -0.2) is 141 Å². The summed E-state index contributed by atoms with van der Waals surface area (Å²) in [6.45, 7) is 36.3. The Morgan fingerprint density at radius 1 is 0.312 bits per heavy atom. The highest BCUT2D eigenvalue weighted by molar-refractivity contribution is 5.87. The molecular weight excluding hydrogens is 993 g/mol. The molecule has 80 heavy (non-hydrogen) atoms. The molecule has 6 heterocycles. The maximum Gasteiger partial charge on any atom is 0.128 e. The number of hydrogen-bond donors (Lipinski definition) is 4. The van der Waals surface area contributed by atoms with Crippen LogP contribution >= 0.6 is 0 Å². The lowest BCUT2D eigenvalue weighted by Gasteiger charge is -2.35. The first-order valence-electron chi connectivity index (χ1n) is 30.2. The lowest BCUT2D eigenvalue weighted by Crippen LogP contribution is -2.45. The molecule has 4 aromatic rings. The molecule has 12 bridgehead atoms. The molecule has 2 aliphatic carbocycles. The van der Waals surface area contributed by atoms with Crippen molar-refractivity contribution in [3.63, 3.8) is 0 Å². The molecule has 12 rings (SSSR count). The Labute approximate surface area is 479 Å². The fraction of sp³-hybridized carbons (Fsp3) is 0.588. The van der Waals surface area contributed by atoms with Crippen LogP contribution in [0.3, 0.4) is 0 Å². The molecule has 6 aliphatic heterocycles. The molecule has 0 amide bonds. The van der Waals surface area contributed by atoms with Crippen LogP contribution in [0.4, 0.5) is 0 Å². The Morgan fingerprint density at radius 3 is 0.675 bits per heavy atom. The quantitative estimate of drug-likeness (QED) is 0.136. The van der Waals surface area contributed by atoms with E-state index in [1.165, 1.54) is 22.3 Å². The summed E-state index contributed by atoms with van der Waals surface area (Å²) in [5.41, 5.74) is 10.3. The minimum Gasteiger partial charge on any atom is -0.507 e. The predicted molar refractivity (Wildman–Crippen MR) is 331 cm³/mol. The van der Waals surface area contributed by atoms with Gasteiger partial charge in [0.1, 0.15) is 23.0 Å². The molecule has 4 fully saturated rings. The van der Waals surface area contributed by atoms with E-state index >= 15 is 0 Å². The van der Waals surface area contributed by atoms with Crippen molar-refractivity contribution in [2.24, 2.45) is 20.0 Å². The molecule has 12 nitrogen and oxygen atoms in total. The fourth-order valence-corrected chi connectivity index (χ4v) is 12.7. The van der Waals surface area contributed by atoms with Gasteiger partial charge in [0.05, 0.1) is 24.2 Å². The van der Waals surface area contributed by atoms with Crippen LogP contribution < -0.4 is 0 Å². The van der Waals surface area contributed by atoms with Crippen molar-refractivity contribution in [1.29, 1.82) is 0 Å². The Balaban J connectivity index is 1.06. The first-order valence-corrected chi connectivity index (χ1v) is 30.2. The zero-order valence-electron chi connectivity index (χ0n) is 50.7. The maximum atomic E-state index is 11.9. The molecule has 0 radical (unpaired) electrons. The summed E-state index contributed by atoms with van der Waals surface area (Å²) in [6, 6.07) is 17.1. The van der Waals surface area contributed by atoms with Crippen LogP contribution in [0.15, 0.2) is 68.5 Å². The van der Waals surface area contributed by atoms with E-state index in [4.69, 9.17) is 20.0 Å². The second-order valence-corrected chi connectivity index (χ2v) is 28.4. The molecule has 2 saturated heterocycles. The topological polar surface area (TPSA) is 143 Å². The van der Waals surface area contributed by atoms with Gasteiger partial charge in [-0.25, -0.2) is 0 Å². The van der Waals surface area contributed by atoms with Crippen LogP contribution in [0.1, 0.15) is 201 Å². The number of phenolic OH excluding ortho intramolecular Hbond substituents is 4. The molecule has 4 atom stereocenters. The molecule has 12 heteroatoms. The van der Waals surface area contributed by atoms with Gasteiger partial charge in [-0.1, -0.05) is 133 Å². The van der Waals surface area contributed by atoms with Crippen LogP contribution in [-0.2, 0) is 47.8 Å². The number of benzene rings is 4. The second kappa shape index (κ2) is 24.2. The molecular formula is C68H96N8O4. The minimum atomic E-state index is -0.275. The third-order valence-electron chi connectivity index (χ3n) is 17.6. The highest BCUT2D eigenvalue weighted by atomic mass is 16.3. The van der Waals surface area contributed by atoms with E-state index in [1.807, 2.05) is 24.9 Å². The van der Waals surface area contributed by atoms with E-state index in [0.717, 1.165) is 174 Å². The van der Waals surface area contributed by atoms with Crippen LogP contribution in [0.25, 0.3) is 0 Å². The first kappa shape index (κ1) is 59.2. The average Bonchev–Trinajstić information content (AvgIpc) is 3.42. The van der Waals surface area contributed by atoms with Crippen LogP contribution in [0, 0.1) is 0 Å². The van der Waals surface area contributed by atoms with E-state index in [-0.39, 0.29) is 45.8 Å². The summed E-state index contributed by atoms with van der Waals surface area (Å²) >= 11 is 0. The van der Waals surface area contributed by atoms with Gasteiger partial charge in [0.15, 0.2) is 0 Å². The number of hydrogen-bond acceptors (Lipinski definition) is 12. The SMILES string of the molecule is CC(C)(C)c1cc2cc(c1O)C=N[C@H]1CCCC[C@@H]1N=Cc1cc(cc(C(C)(C)C)c1O)CN1CCN(CC1)Cc1cc(c(O)c(C(C)(C)C)c1)C=N[C@@H]1CCCC[C@H]1N=Cc1cc(cc(C(C)(C)C)c1O)CN1CCN(CC1)C2. The highest BCUT2D eigenvalue weighted by Crippen LogP contribution is 2.40. The Morgan fingerprint density at radius 2 is 0.500 bits per heavy atom. The molecule has 4 N–H and O–H groups in total. The van der Waals surface area contributed by atoms with Crippen molar-refractivity contribution < 1.29 is 20.4 Å². The first-order chi connectivity index (χ1) is 37.8. The number of piperazine rings is 2. The molecule has 8 aliphatic rings. The summed E-state index contributed by atoms with van der Waals surface area (Å²) < 4.78 is 0. The third-order valence-corrected chi connectivity index (χ3v) is 17.6. The highest BCUT2D eigenvalue weighted by Gasteiger charge is 2.31. The fourth-order valence-electron chi connectivity index (χ4n) is 12.7. The van der Waals surface area contributed by atoms with Crippen molar-refractivity contribution in [2.75, 3.05) is 52.4 Å². The number of phenols is 4. The predicted octanol–water partition coefficient (Wildman–Crippen LogP) is 12.3.